The lowest BCUT2D eigenvalue weighted by molar-refractivity contribution is -0.274. The van der Waals surface area contributed by atoms with Crippen LogP contribution in [0.5, 0.6) is 11.5 Å². The van der Waals surface area contributed by atoms with Gasteiger partial charge in [-0.2, -0.15) is 0 Å². The highest BCUT2D eigenvalue weighted by atomic mass is 19.4. The number of methoxy groups -OCH3 is 1. The van der Waals surface area contributed by atoms with Gasteiger partial charge in [0.25, 0.3) is 5.91 Å². The van der Waals surface area contributed by atoms with E-state index in [1.165, 1.54) is 24.1 Å². The van der Waals surface area contributed by atoms with Crippen LogP contribution in [0.3, 0.4) is 0 Å². The van der Waals surface area contributed by atoms with Crippen LogP contribution in [-0.4, -0.2) is 60.2 Å². The van der Waals surface area contributed by atoms with E-state index in [0.29, 0.717) is 13.0 Å². The molecule has 0 spiro atoms. The number of amides is 1. The predicted molar refractivity (Wildman–Crippen MR) is 147 cm³/mol. The number of carboxylic acids is 1. The van der Waals surface area contributed by atoms with E-state index < -0.39 is 59.6 Å². The summed E-state index contributed by atoms with van der Waals surface area (Å²) in [4.78, 5) is 28.5. The number of halogens is 3. The molecule has 2 saturated heterocycles. The van der Waals surface area contributed by atoms with E-state index in [0.717, 1.165) is 30.0 Å². The van der Waals surface area contributed by atoms with E-state index in [4.69, 9.17) is 14.2 Å². The number of alkyl halides is 3. The molecule has 5 atom stereocenters. The number of carboxylic acid groups (broad SMARTS) is 1. The average molecular weight is 594 g/mol. The summed E-state index contributed by atoms with van der Waals surface area (Å²) in [5, 5.41) is 10.6. The summed E-state index contributed by atoms with van der Waals surface area (Å²) in [6, 6.07) is 9.05. The van der Waals surface area contributed by atoms with Gasteiger partial charge >= 0.3 is 12.3 Å². The first kappa shape index (κ1) is 31.6. The molecule has 0 aliphatic carbocycles. The Balaban J connectivity index is 1.81. The average Bonchev–Trinajstić information content (AvgIpc) is 3.27. The van der Waals surface area contributed by atoms with Crippen molar-refractivity contribution in [3.63, 3.8) is 0 Å². The van der Waals surface area contributed by atoms with Crippen LogP contribution in [0, 0.1) is 18.3 Å². The number of hydrogen-bond acceptors (Lipinski definition) is 6. The molecule has 42 heavy (non-hydrogen) atoms. The highest BCUT2D eigenvalue weighted by molar-refractivity contribution is 5.88. The predicted octanol–water partition coefficient (Wildman–Crippen LogP) is 6.06. The second kappa shape index (κ2) is 12.5. The summed E-state index contributed by atoms with van der Waals surface area (Å²) in [5.41, 5.74) is 1.20. The van der Waals surface area contributed by atoms with Crippen molar-refractivity contribution in [1.82, 2.24) is 4.90 Å². The van der Waals surface area contributed by atoms with Crippen molar-refractivity contribution in [1.29, 1.82) is 0 Å². The molecule has 0 saturated carbocycles. The third kappa shape index (κ3) is 6.83. The fourth-order valence-corrected chi connectivity index (χ4v) is 6.19. The van der Waals surface area contributed by atoms with Gasteiger partial charge in [0.05, 0.1) is 25.9 Å². The summed E-state index contributed by atoms with van der Waals surface area (Å²) in [5.74, 6) is -2.42. The molecule has 2 aliphatic heterocycles. The van der Waals surface area contributed by atoms with E-state index in [2.05, 4.69) is 4.74 Å². The largest absolute Gasteiger partial charge is 0.573 e. The van der Waals surface area contributed by atoms with E-state index in [1.807, 2.05) is 52.0 Å². The highest BCUT2D eigenvalue weighted by Crippen LogP contribution is 2.51. The Morgan fingerprint density at radius 2 is 1.81 bits per heavy atom. The van der Waals surface area contributed by atoms with E-state index in [9.17, 15) is 27.9 Å². The smallest absolute Gasteiger partial charge is 0.496 e. The van der Waals surface area contributed by atoms with Crippen molar-refractivity contribution in [3.05, 3.63) is 59.2 Å². The number of aryl methyl sites for hydroxylation is 1. The first-order chi connectivity index (χ1) is 19.7. The van der Waals surface area contributed by atoms with Crippen LogP contribution in [0.25, 0.3) is 0 Å². The second-order valence-corrected chi connectivity index (χ2v) is 11.9. The number of likely N-dealkylation sites (tertiary alicyclic amines) is 1. The molecule has 0 radical (unpaired) electrons. The Morgan fingerprint density at radius 3 is 2.38 bits per heavy atom. The maximum atomic E-state index is 14.1. The van der Waals surface area contributed by atoms with Gasteiger partial charge in [-0.25, -0.2) is 4.79 Å². The molecular formula is C31H38F3NO7. The molecule has 230 valence electrons. The number of rotatable bonds is 8. The standard InChI is InChI=1S/C31H38F3NO7/c1-18-10-6-7-11-21(18)25-27(41-17-19-16-20(42-31(32,33)34)13-14-22(19)39-5)24(30(2,3)4)26(29(37)38)35(25)28(36)23-12-8-9-15-40-23/h6-7,10-11,13-14,16,23-27H,8-9,12,15,17H2,1-5H3,(H,37,38)/t23-,24+,25-,26-,27-/m0/s1. The quantitative estimate of drug-likeness (QED) is 0.398. The van der Waals surface area contributed by atoms with Crippen molar-refractivity contribution >= 4 is 11.9 Å². The fraction of sp³-hybridized carbons (Fsp3) is 0.548. The monoisotopic (exact) mass is 593 g/mol. The van der Waals surface area contributed by atoms with E-state index >= 15 is 0 Å². The highest BCUT2D eigenvalue weighted by Gasteiger charge is 2.59. The maximum Gasteiger partial charge on any atom is 0.573 e. The normalized spacial score (nSPS) is 24.9. The molecule has 0 aromatic heterocycles. The molecule has 11 heteroatoms. The van der Waals surface area contributed by atoms with Crippen LogP contribution < -0.4 is 9.47 Å². The molecule has 2 heterocycles. The van der Waals surface area contributed by atoms with Gasteiger partial charge in [0.1, 0.15) is 23.6 Å². The molecule has 2 fully saturated rings. The summed E-state index contributed by atoms with van der Waals surface area (Å²) < 4.78 is 60.7. The van der Waals surface area contributed by atoms with E-state index in [1.54, 1.807) is 0 Å². The van der Waals surface area contributed by atoms with Gasteiger partial charge in [0.2, 0.25) is 0 Å². The summed E-state index contributed by atoms with van der Waals surface area (Å²) in [7, 11) is 1.39. The minimum atomic E-state index is -4.89. The number of hydrogen-bond donors (Lipinski definition) is 1. The summed E-state index contributed by atoms with van der Waals surface area (Å²) in [6.07, 6.45) is -4.41. The lowest BCUT2D eigenvalue weighted by atomic mass is 9.73. The summed E-state index contributed by atoms with van der Waals surface area (Å²) in [6.45, 7) is 7.75. The molecule has 2 aromatic rings. The Morgan fingerprint density at radius 1 is 1.10 bits per heavy atom. The van der Waals surface area contributed by atoms with Crippen molar-refractivity contribution in [2.75, 3.05) is 13.7 Å². The van der Waals surface area contributed by atoms with Gasteiger partial charge in [-0.3, -0.25) is 4.79 Å². The van der Waals surface area contributed by atoms with Crippen molar-refractivity contribution in [3.8, 4) is 11.5 Å². The molecule has 2 aromatic carbocycles. The first-order valence-electron chi connectivity index (χ1n) is 14.0. The Kier molecular flexibility index (Phi) is 9.42. The first-order valence-corrected chi connectivity index (χ1v) is 14.0. The van der Waals surface area contributed by atoms with Gasteiger partial charge in [0, 0.05) is 18.1 Å². The molecule has 0 unspecified atom stereocenters. The Bertz CT molecular complexity index is 1270. The number of nitrogens with zero attached hydrogens (tertiary/aromatic N) is 1. The summed E-state index contributed by atoms with van der Waals surface area (Å²) >= 11 is 0. The van der Waals surface area contributed by atoms with E-state index in [-0.39, 0.29) is 17.9 Å². The molecule has 1 amide bonds. The minimum Gasteiger partial charge on any atom is -0.496 e. The lowest BCUT2D eigenvalue weighted by Gasteiger charge is -2.35. The lowest BCUT2D eigenvalue weighted by Crippen LogP contribution is -2.51. The topological polar surface area (TPSA) is 94.5 Å². The Hall–Kier alpha value is -3.31. The molecule has 2 aliphatic rings. The van der Waals surface area contributed by atoms with Crippen LogP contribution in [-0.2, 0) is 25.7 Å². The SMILES string of the molecule is COc1ccc(OC(F)(F)F)cc1CO[C@H]1[C@H](C(C)(C)C)[C@@H](C(=O)O)N(C(=O)[C@@H]2CCCCO2)[C@H]1c1ccccc1C. The van der Waals surface area contributed by atoms with Crippen LogP contribution in [0.15, 0.2) is 42.5 Å². The molecule has 1 N–H and O–H groups in total. The fourth-order valence-electron chi connectivity index (χ4n) is 6.19. The number of ether oxygens (including phenoxy) is 4. The van der Waals surface area contributed by atoms with Gasteiger partial charge in [-0.15, -0.1) is 13.2 Å². The van der Waals surface area contributed by atoms with Crippen LogP contribution in [0.1, 0.15) is 62.8 Å². The van der Waals surface area contributed by atoms with Gasteiger partial charge in [0.15, 0.2) is 0 Å². The van der Waals surface area contributed by atoms with Gasteiger partial charge < -0.3 is 29.0 Å². The minimum absolute atomic E-state index is 0.216. The number of aliphatic carboxylic acids is 1. The Labute approximate surface area is 243 Å². The number of carbonyl (C=O) groups excluding carboxylic acids is 1. The molecular weight excluding hydrogens is 555 g/mol. The maximum absolute atomic E-state index is 14.1. The molecule has 8 nitrogen and oxygen atoms in total. The zero-order chi connectivity index (χ0) is 30.8. The van der Waals surface area contributed by atoms with Crippen molar-refractivity contribution in [2.45, 2.75) is 84.2 Å². The van der Waals surface area contributed by atoms with Crippen LogP contribution in [0.2, 0.25) is 0 Å². The zero-order valence-corrected chi connectivity index (χ0v) is 24.4. The molecule has 0 bridgehead atoms. The zero-order valence-electron chi connectivity index (χ0n) is 24.4. The van der Waals surface area contributed by atoms with Crippen LogP contribution >= 0.6 is 0 Å². The van der Waals surface area contributed by atoms with Gasteiger partial charge in [-0.1, -0.05) is 45.0 Å². The van der Waals surface area contributed by atoms with Gasteiger partial charge in [-0.05, 0) is 60.9 Å². The molecule has 4 rings (SSSR count). The third-order valence-electron chi connectivity index (χ3n) is 7.99. The number of carbonyl (C=O) groups is 2. The number of benzene rings is 2. The van der Waals surface area contributed by atoms with Crippen molar-refractivity contribution < 1.29 is 46.8 Å². The van der Waals surface area contributed by atoms with Crippen LogP contribution in [0.4, 0.5) is 13.2 Å². The van der Waals surface area contributed by atoms with Crippen molar-refractivity contribution in [2.24, 2.45) is 11.3 Å². The third-order valence-corrected chi connectivity index (χ3v) is 7.99. The second-order valence-electron chi connectivity index (χ2n) is 11.9.